The van der Waals surface area contributed by atoms with Gasteiger partial charge in [0.1, 0.15) is 0 Å². The SMILES string of the molecule is CCCCOC(=O)CCc1c(C)[nH]c(C=C2N=C(c3ccc[nH]3)C=C2CO)c1C. The lowest BCUT2D eigenvalue weighted by Crippen LogP contribution is -2.07. The molecule has 0 amide bonds. The van der Waals surface area contributed by atoms with E-state index in [9.17, 15) is 9.90 Å². The van der Waals surface area contributed by atoms with E-state index in [1.807, 2.05) is 44.3 Å². The second-order valence-corrected chi connectivity index (χ2v) is 7.28. The van der Waals surface area contributed by atoms with Crippen LogP contribution >= 0.6 is 0 Å². The molecule has 1 aliphatic heterocycles. The van der Waals surface area contributed by atoms with Crippen LogP contribution in [0.2, 0.25) is 0 Å². The van der Waals surface area contributed by atoms with Crippen LogP contribution in [-0.4, -0.2) is 40.0 Å². The lowest BCUT2D eigenvalue weighted by Gasteiger charge is -2.05. The van der Waals surface area contributed by atoms with E-state index in [0.717, 1.165) is 58.0 Å². The lowest BCUT2D eigenvalue weighted by molar-refractivity contribution is -0.143. The van der Waals surface area contributed by atoms with Crippen molar-refractivity contribution < 1.29 is 14.6 Å². The maximum absolute atomic E-state index is 11.9. The van der Waals surface area contributed by atoms with Crippen molar-refractivity contribution in [1.29, 1.82) is 0 Å². The number of carbonyl (C=O) groups excluding carboxylic acids is 1. The molecule has 154 valence electrons. The van der Waals surface area contributed by atoms with Gasteiger partial charge in [-0.25, -0.2) is 4.99 Å². The highest BCUT2D eigenvalue weighted by atomic mass is 16.5. The van der Waals surface area contributed by atoms with Crippen molar-refractivity contribution in [2.24, 2.45) is 4.99 Å². The highest BCUT2D eigenvalue weighted by molar-refractivity contribution is 6.11. The Morgan fingerprint density at radius 3 is 2.86 bits per heavy atom. The van der Waals surface area contributed by atoms with Crippen molar-refractivity contribution >= 4 is 17.8 Å². The minimum absolute atomic E-state index is 0.0747. The average Bonchev–Trinajstić information content (AvgIpc) is 3.42. The summed E-state index contributed by atoms with van der Waals surface area (Å²) < 4.78 is 5.26. The van der Waals surface area contributed by atoms with Crippen LogP contribution in [0.15, 0.2) is 40.7 Å². The van der Waals surface area contributed by atoms with Gasteiger partial charge >= 0.3 is 5.97 Å². The second-order valence-electron chi connectivity index (χ2n) is 7.28. The van der Waals surface area contributed by atoms with Crippen molar-refractivity contribution in [2.45, 2.75) is 46.5 Å². The van der Waals surface area contributed by atoms with Gasteiger partial charge in [-0.15, -0.1) is 0 Å². The molecular formula is C23H29N3O3. The van der Waals surface area contributed by atoms with Crippen LogP contribution < -0.4 is 0 Å². The van der Waals surface area contributed by atoms with E-state index >= 15 is 0 Å². The number of H-pyrrole nitrogens is 2. The summed E-state index contributed by atoms with van der Waals surface area (Å²) >= 11 is 0. The molecule has 0 radical (unpaired) electrons. The number of aromatic amines is 2. The number of nitrogens with zero attached hydrogens (tertiary/aromatic N) is 1. The largest absolute Gasteiger partial charge is 0.466 e. The summed E-state index contributed by atoms with van der Waals surface area (Å²) in [5.41, 5.74) is 7.46. The van der Waals surface area contributed by atoms with Crippen molar-refractivity contribution in [3.8, 4) is 0 Å². The third-order valence-corrected chi connectivity index (χ3v) is 5.18. The van der Waals surface area contributed by atoms with Gasteiger partial charge in [-0.3, -0.25) is 4.79 Å². The molecule has 0 fully saturated rings. The van der Waals surface area contributed by atoms with Crippen LogP contribution in [0.1, 0.15) is 54.4 Å². The molecule has 3 N–H and O–H groups in total. The number of aliphatic hydroxyl groups excluding tert-OH is 1. The number of aromatic nitrogens is 2. The Morgan fingerprint density at radius 2 is 2.17 bits per heavy atom. The average molecular weight is 396 g/mol. The summed E-state index contributed by atoms with van der Waals surface area (Å²) in [5.74, 6) is -0.153. The number of allylic oxidation sites excluding steroid dienone is 1. The predicted molar refractivity (Wildman–Crippen MR) is 115 cm³/mol. The molecule has 0 aromatic carbocycles. The third-order valence-electron chi connectivity index (χ3n) is 5.18. The zero-order valence-corrected chi connectivity index (χ0v) is 17.3. The summed E-state index contributed by atoms with van der Waals surface area (Å²) in [6, 6.07) is 3.87. The first-order valence-corrected chi connectivity index (χ1v) is 10.1. The Hall–Kier alpha value is -2.86. The molecule has 6 heteroatoms. The summed E-state index contributed by atoms with van der Waals surface area (Å²) in [6.45, 7) is 6.55. The summed E-state index contributed by atoms with van der Waals surface area (Å²) in [6.07, 6.45) is 8.64. The Bertz CT molecular complexity index is 946. The van der Waals surface area contributed by atoms with Gasteiger partial charge in [-0.05, 0) is 62.1 Å². The van der Waals surface area contributed by atoms with E-state index in [2.05, 4.69) is 21.9 Å². The molecule has 1 aliphatic rings. The molecule has 0 aliphatic carbocycles. The Morgan fingerprint density at radius 1 is 1.34 bits per heavy atom. The molecule has 2 aromatic heterocycles. The van der Waals surface area contributed by atoms with Crippen LogP contribution in [-0.2, 0) is 16.0 Å². The van der Waals surface area contributed by atoms with Crippen molar-refractivity contribution in [1.82, 2.24) is 9.97 Å². The molecule has 0 bridgehead atoms. The third kappa shape index (κ3) is 4.95. The van der Waals surface area contributed by atoms with Gasteiger partial charge in [-0.2, -0.15) is 0 Å². The minimum Gasteiger partial charge on any atom is -0.466 e. The number of aliphatic hydroxyl groups is 1. The molecule has 2 aromatic rings. The van der Waals surface area contributed by atoms with Gasteiger partial charge in [0.05, 0.1) is 30.3 Å². The molecule has 0 spiro atoms. The topological polar surface area (TPSA) is 90.5 Å². The van der Waals surface area contributed by atoms with Crippen LogP contribution in [0, 0.1) is 13.8 Å². The first-order valence-electron chi connectivity index (χ1n) is 10.1. The van der Waals surface area contributed by atoms with Gasteiger partial charge in [0.25, 0.3) is 0 Å². The highest BCUT2D eigenvalue weighted by Crippen LogP contribution is 2.27. The van der Waals surface area contributed by atoms with Crippen LogP contribution in [0.25, 0.3) is 6.08 Å². The predicted octanol–water partition coefficient (Wildman–Crippen LogP) is 4.00. The Labute approximate surface area is 171 Å². The number of esters is 1. The van der Waals surface area contributed by atoms with Crippen LogP contribution in [0.4, 0.5) is 0 Å². The number of ether oxygens (including phenoxy) is 1. The van der Waals surface area contributed by atoms with E-state index in [1.165, 1.54) is 0 Å². The normalized spacial score (nSPS) is 15.0. The number of hydrogen-bond acceptors (Lipinski definition) is 4. The second kappa shape index (κ2) is 9.56. The van der Waals surface area contributed by atoms with Crippen molar-refractivity contribution in [3.05, 3.63) is 63.9 Å². The van der Waals surface area contributed by atoms with Gasteiger partial charge in [0.15, 0.2) is 0 Å². The van der Waals surface area contributed by atoms with Gasteiger partial charge in [0, 0.05) is 29.6 Å². The Balaban J connectivity index is 1.76. The van der Waals surface area contributed by atoms with E-state index in [-0.39, 0.29) is 12.6 Å². The van der Waals surface area contributed by atoms with Crippen molar-refractivity contribution in [3.63, 3.8) is 0 Å². The van der Waals surface area contributed by atoms with E-state index in [1.54, 1.807) is 0 Å². The molecular weight excluding hydrogens is 366 g/mol. The molecule has 0 unspecified atom stereocenters. The summed E-state index contributed by atoms with van der Waals surface area (Å²) in [4.78, 5) is 23.1. The number of carbonyl (C=O) groups is 1. The number of aryl methyl sites for hydroxylation is 1. The fraction of sp³-hybridized carbons (Fsp3) is 0.391. The standard InChI is InChI=1S/C23H29N3O3/c1-4-5-11-29-23(28)9-8-18-15(2)20(25-16(18)3)13-21-17(14-27)12-22(26-21)19-7-6-10-24-19/h6-7,10,12-13,24-25,27H,4-5,8-9,11,14H2,1-3H3. The zero-order valence-electron chi connectivity index (χ0n) is 17.3. The van der Waals surface area contributed by atoms with Gasteiger partial charge in [0.2, 0.25) is 0 Å². The smallest absolute Gasteiger partial charge is 0.306 e. The summed E-state index contributed by atoms with van der Waals surface area (Å²) in [7, 11) is 0. The zero-order chi connectivity index (χ0) is 20.8. The van der Waals surface area contributed by atoms with E-state index < -0.39 is 0 Å². The first-order chi connectivity index (χ1) is 14.0. The van der Waals surface area contributed by atoms with E-state index in [4.69, 9.17) is 4.74 Å². The maximum atomic E-state index is 11.9. The molecule has 0 saturated heterocycles. The molecule has 29 heavy (non-hydrogen) atoms. The molecule has 3 rings (SSSR count). The number of aliphatic imine (C=N–C) groups is 1. The van der Waals surface area contributed by atoms with Crippen LogP contribution in [0.3, 0.4) is 0 Å². The summed E-state index contributed by atoms with van der Waals surface area (Å²) in [5, 5.41) is 9.74. The number of hydrogen-bond donors (Lipinski definition) is 3. The number of unbranched alkanes of at least 4 members (excludes halogenated alkanes) is 1. The molecule has 0 saturated carbocycles. The molecule has 6 nitrogen and oxygen atoms in total. The molecule has 0 atom stereocenters. The lowest BCUT2D eigenvalue weighted by atomic mass is 10.0. The van der Waals surface area contributed by atoms with E-state index in [0.29, 0.717) is 19.4 Å². The minimum atomic E-state index is -0.153. The monoisotopic (exact) mass is 395 g/mol. The van der Waals surface area contributed by atoms with Crippen molar-refractivity contribution in [2.75, 3.05) is 13.2 Å². The van der Waals surface area contributed by atoms with Gasteiger partial charge < -0.3 is 19.8 Å². The first kappa shape index (κ1) is 20.9. The Kier molecular flexibility index (Phi) is 6.88. The van der Waals surface area contributed by atoms with Gasteiger partial charge in [-0.1, -0.05) is 13.3 Å². The number of rotatable bonds is 9. The number of nitrogens with one attached hydrogen (secondary N) is 2. The highest BCUT2D eigenvalue weighted by Gasteiger charge is 2.18. The van der Waals surface area contributed by atoms with Crippen LogP contribution in [0.5, 0.6) is 0 Å². The fourth-order valence-corrected chi connectivity index (χ4v) is 3.45. The molecule has 3 heterocycles. The fourth-order valence-electron chi connectivity index (χ4n) is 3.45. The maximum Gasteiger partial charge on any atom is 0.306 e. The quantitative estimate of drug-likeness (QED) is 0.443.